The molecule has 0 radical (unpaired) electrons. The average Bonchev–Trinajstić information content (AvgIpc) is 3.15. The number of amides is 1. The fourth-order valence-electron chi connectivity index (χ4n) is 4.85. The zero-order chi connectivity index (χ0) is 26.9. The van der Waals surface area contributed by atoms with Gasteiger partial charge in [-0.25, -0.2) is 0 Å². The minimum Gasteiger partial charge on any atom is -0.507 e. The van der Waals surface area contributed by atoms with Gasteiger partial charge in [0.15, 0.2) is 0 Å². The molecule has 1 heterocycles. The number of aliphatic hydroxyl groups is 1. The van der Waals surface area contributed by atoms with Gasteiger partial charge in [-0.3, -0.25) is 9.59 Å². The minimum absolute atomic E-state index is 0.126. The summed E-state index contributed by atoms with van der Waals surface area (Å²) in [6.45, 7) is 12.1. The van der Waals surface area contributed by atoms with Crippen molar-refractivity contribution in [2.75, 3.05) is 26.2 Å². The number of aliphatic hydroxyl groups excluding tert-OH is 1. The Morgan fingerprint density at radius 3 is 2.03 bits per heavy atom. The van der Waals surface area contributed by atoms with Crippen molar-refractivity contribution in [2.45, 2.75) is 71.8 Å². The van der Waals surface area contributed by atoms with Crippen molar-refractivity contribution < 1.29 is 14.7 Å². The fraction of sp³-hybridized carbons (Fsp3) is 0.484. The van der Waals surface area contributed by atoms with Gasteiger partial charge in [-0.05, 0) is 68.1 Å². The first kappa shape index (κ1) is 29.1. The quantitative estimate of drug-likeness (QED) is 0.156. The average molecular weight is 570 g/mol. The van der Waals surface area contributed by atoms with Crippen LogP contribution in [0, 0.1) is 0 Å². The van der Waals surface area contributed by atoms with Gasteiger partial charge in [-0.1, -0.05) is 92.9 Å². The van der Waals surface area contributed by atoms with E-state index in [4.69, 9.17) is 0 Å². The van der Waals surface area contributed by atoms with Gasteiger partial charge >= 0.3 is 0 Å². The molecule has 1 fully saturated rings. The van der Waals surface area contributed by atoms with Crippen LogP contribution in [0.4, 0.5) is 0 Å². The molecular formula is C31H41BrN2O3. The first-order chi connectivity index (χ1) is 17.8. The van der Waals surface area contributed by atoms with Crippen LogP contribution in [-0.4, -0.2) is 52.8 Å². The molecular weight excluding hydrogens is 528 g/mol. The predicted molar refractivity (Wildman–Crippen MR) is 155 cm³/mol. The van der Waals surface area contributed by atoms with Crippen LogP contribution >= 0.6 is 15.9 Å². The van der Waals surface area contributed by atoms with Gasteiger partial charge in [0.25, 0.3) is 11.7 Å². The van der Waals surface area contributed by atoms with Crippen LogP contribution < -0.4 is 0 Å². The summed E-state index contributed by atoms with van der Waals surface area (Å²) >= 11 is 3.42. The summed E-state index contributed by atoms with van der Waals surface area (Å²) in [6.07, 6.45) is 5.39. The number of ketones is 1. The Labute approximate surface area is 230 Å². The lowest BCUT2D eigenvalue weighted by molar-refractivity contribution is -0.140. The van der Waals surface area contributed by atoms with Gasteiger partial charge in [-0.2, -0.15) is 0 Å². The van der Waals surface area contributed by atoms with Gasteiger partial charge in [0.05, 0.1) is 11.6 Å². The second kappa shape index (κ2) is 13.9. The summed E-state index contributed by atoms with van der Waals surface area (Å²) in [5.41, 5.74) is 2.72. The van der Waals surface area contributed by atoms with Crippen LogP contribution in [0.1, 0.15) is 88.4 Å². The molecule has 3 rings (SSSR count). The van der Waals surface area contributed by atoms with Gasteiger partial charge < -0.3 is 14.9 Å². The van der Waals surface area contributed by atoms with E-state index in [-0.39, 0.29) is 11.3 Å². The lowest BCUT2D eigenvalue weighted by Gasteiger charge is -2.27. The molecule has 200 valence electrons. The molecule has 1 saturated heterocycles. The summed E-state index contributed by atoms with van der Waals surface area (Å²) < 4.78 is 0.876. The Kier molecular flexibility index (Phi) is 11.0. The van der Waals surface area contributed by atoms with Crippen LogP contribution in [0.5, 0.6) is 0 Å². The van der Waals surface area contributed by atoms with E-state index < -0.39 is 17.7 Å². The molecule has 0 aliphatic carbocycles. The second-order valence-electron chi connectivity index (χ2n) is 10.2. The van der Waals surface area contributed by atoms with Crippen LogP contribution in [0.2, 0.25) is 0 Å². The SMILES string of the molecule is CCCCN(CCCC)CCCN1C(=O)C(=O)C(=C(O)c2ccc(Br)cc2)C1c1ccc(C(C)C)cc1. The van der Waals surface area contributed by atoms with Crippen molar-refractivity contribution in [1.82, 2.24) is 9.80 Å². The van der Waals surface area contributed by atoms with Crippen molar-refractivity contribution >= 4 is 33.4 Å². The number of rotatable bonds is 13. The van der Waals surface area contributed by atoms with Crippen LogP contribution in [0.15, 0.2) is 58.6 Å². The number of hydrogen-bond donors (Lipinski definition) is 1. The smallest absolute Gasteiger partial charge is 0.295 e. The summed E-state index contributed by atoms with van der Waals surface area (Å²) in [5, 5.41) is 11.3. The normalized spacial score (nSPS) is 17.4. The molecule has 2 aromatic rings. The highest BCUT2D eigenvalue weighted by atomic mass is 79.9. The molecule has 1 atom stereocenters. The number of unbranched alkanes of at least 4 members (excludes halogenated alkanes) is 2. The molecule has 0 bridgehead atoms. The lowest BCUT2D eigenvalue weighted by Crippen LogP contribution is -2.34. The molecule has 2 aromatic carbocycles. The van der Waals surface area contributed by atoms with E-state index in [9.17, 15) is 14.7 Å². The van der Waals surface area contributed by atoms with Crippen molar-refractivity contribution in [3.63, 3.8) is 0 Å². The van der Waals surface area contributed by atoms with E-state index in [2.05, 4.69) is 60.7 Å². The van der Waals surface area contributed by atoms with E-state index in [1.54, 1.807) is 17.0 Å². The summed E-state index contributed by atoms with van der Waals surface area (Å²) in [5.74, 6) is -0.906. The van der Waals surface area contributed by atoms with E-state index in [1.807, 2.05) is 24.3 Å². The largest absolute Gasteiger partial charge is 0.507 e. The zero-order valence-corrected chi connectivity index (χ0v) is 24.3. The maximum atomic E-state index is 13.3. The summed E-state index contributed by atoms with van der Waals surface area (Å²) in [7, 11) is 0. The molecule has 5 nitrogen and oxygen atoms in total. The van der Waals surface area contributed by atoms with E-state index in [0.29, 0.717) is 18.0 Å². The van der Waals surface area contributed by atoms with E-state index in [1.165, 1.54) is 5.56 Å². The number of Topliss-reactive ketones (excluding diaryl/α,β-unsaturated/α-hetero) is 1. The number of carbonyl (C=O) groups is 2. The van der Waals surface area contributed by atoms with Crippen molar-refractivity contribution in [2.24, 2.45) is 0 Å². The van der Waals surface area contributed by atoms with Crippen molar-refractivity contribution in [1.29, 1.82) is 0 Å². The molecule has 6 heteroatoms. The maximum absolute atomic E-state index is 13.3. The Balaban J connectivity index is 1.93. The first-order valence-electron chi connectivity index (χ1n) is 13.6. The summed E-state index contributed by atoms with van der Waals surface area (Å²) in [4.78, 5) is 30.7. The van der Waals surface area contributed by atoms with Gasteiger partial charge in [0, 0.05) is 16.6 Å². The Morgan fingerprint density at radius 2 is 1.49 bits per heavy atom. The van der Waals surface area contributed by atoms with Crippen molar-refractivity contribution in [3.05, 3.63) is 75.3 Å². The summed E-state index contributed by atoms with van der Waals surface area (Å²) in [6, 6.07) is 14.6. The fourth-order valence-corrected chi connectivity index (χ4v) is 5.11. The van der Waals surface area contributed by atoms with Gasteiger partial charge in [0.2, 0.25) is 0 Å². The number of halogens is 1. The molecule has 0 spiro atoms. The monoisotopic (exact) mass is 568 g/mol. The Hall–Kier alpha value is -2.44. The van der Waals surface area contributed by atoms with Gasteiger partial charge in [0.1, 0.15) is 5.76 Å². The third-order valence-electron chi connectivity index (χ3n) is 7.11. The maximum Gasteiger partial charge on any atom is 0.295 e. The second-order valence-corrected chi connectivity index (χ2v) is 11.1. The van der Waals surface area contributed by atoms with Crippen LogP contribution in [-0.2, 0) is 9.59 Å². The molecule has 1 amide bonds. The number of nitrogens with zero attached hydrogens (tertiary/aromatic N) is 2. The number of benzene rings is 2. The minimum atomic E-state index is -0.618. The first-order valence-corrected chi connectivity index (χ1v) is 14.4. The standard InChI is InChI=1S/C31H41BrN2O3/c1-5-7-18-33(19-8-6-2)20-9-21-34-28(24-12-10-23(11-13-24)22(3)4)27(30(36)31(34)37)29(35)25-14-16-26(32)17-15-25/h10-17,22,28,35H,5-9,18-21H2,1-4H3. The molecule has 37 heavy (non-hydrogen) atoms. The molecule has 1 N–H and O–H groups in total. The van der Waals surface area contributed by atoms with Gasteiger partial charge in [-0.15, -0.1) is 0 Å². The highest BCUT2D eigenvalue weighted by Crippen LogP contribution is 2.40. The molecule has 1 aliphatic heterocycles. The highest BCUT2D eigenvalue weighted by molar-refractivity contribution is 9.10. The van der Waals surface area contributed by atoms with Crippen LogP contribution in [0.3, 0.4) is 0 Å². The molecule has 1 unspecified atom stereocenters. The third-order valence-corrected chi connectivity index (χ3v) is 7.63. The van der Waals surface area contributed by atoms with E-state index in [0.717, 1.165) is 61.8 Å². The topological polar surface area (TPSA) is 60.9 Å². The van der Waals surface area contributed by atoms with Crippen molar-refractivity contribution in [3.8, 4) is 0 Å². The molecule has 1 aliphatic rings. The third kappa shape index (κ3) is 7.32. The van der Waals surface area contributed by atoms with Crippen LogP contribution in [0.25, 0.3) is 5.76 Å². The number of carbonyl (C=O) groups excluding carboxylic acids is 2. The number of likely N-dealkylation sites (tertiary alicyclic amines) is 1. The predicted octanol–water partition coefficient (Wildman–Crippen LogP) is 7.29. The highest BCUT2D eigenvalue weighted by Gasteiger charge is 2.45. The Morgan fingerprint density at radius 1 is 0.919 bits per heavy atom. The Bertz CT molecular complexity index is 1070. The molecule has 0 aromatic heterocycles. The van der Waals surface area contributed by atoms with E-state index >= 15 is 0 Å². The lowest BCUT2D eigenvalue weighted by atomic mass is 9.93. The molecule has 0 saturated carbocycles. The zero-order valence-electron chi connectivity index (χ0n) is 22.7. The number of hydrogen-bond acceptors (Lipinski definition) is 4.